The second kappa shape index (κ2) is 14.3. The number of methoxy groups -OCH3 is 1. The van der Waals surface area contributed by atoms with Gasteiger partial charge >= 0.3 is 5.97 Å². The van der Waals surface area contributed by atoms with E-state index in [4.69, 9.17) is 4.74 Å². The number of thioether (sulfide) groups is 1. The van der Waals surface area contributed by atoms with Crippen molar-refractivity contribution in [1.29, 1.82) is 0 Å². The number of carbonyl (C=O) groups excluding carboxylic acids is 1. The van der Waals surface area contributed by atoms with Gasteiger partial charge in [-0.1, -0.05) is 48.5 Å². The van der Waals surface area contributed by atoms with E-state index < -0.39 is 27.8 Å². The van der Waals surface area contributed by atoms with E-state index in [1.165, 1.54) is 4.90 Å². The monoisotopic (exact) mass is 610 g/mol. The molecular formula is C32H38N2O6S2. The van der Waals surface area contributed by atoms with Gasteiger partial charge in [-0.25, -0.2) is 13.2 Å². The Bertz CT molecular complexity index is 1500. The van der Waals surface area contributed by atoms with Gasteiger partial charge in [-0.3, -0.25) is 9.69 Å². The molecule has 1 aliphatic heterocycles. The fourth-order valence-electron chi connectivity index (χ4n) is 5.32. The summed E-state index contributed by atoms with van der Waals surface area (Å²) in [5.41, 5.74) is 3.93. The highest BCUT2D eigenvalue weighted by Crippen LogP contribution is 2.35. The third-order valence-corrected chi connectivity index (χ3v) is 9.62. The number of carboxylic acids is 1. The van der Waals surface area contributed by atoms with Gasteiger partial charge < -0.3 is 15.2 Å². The molecule has 3 aromatic carbocycles. The number of nitrogens with one attached hydrogen (secondary N) is 1. The van der Waals surface area contributed by atoms with Crippen LogP contribution in [0, 0.1) is 6.92 Å². The number of likely N-dealkylation sites (tertiary alicyclic amines) is 1. The van der Waals surface area contributed by atoms with Gasteiger partial charge in [0.25, 0.3) is 5.91 Å². The Labute approximate surface area is 252 Å². The lowest BCUT2D eigenvalue weighted by atomic mass is 9.93. The number of hydrogen-bond donors (Lipinski definition) is 2. The Balaban J connectivity index is 1.60. The van der Waals surface area contributed by atoms with Gasteiger partial charge in [-0.05, 0) is 66.3 Å². The number of sulfone groups is 1. The van der Waals surface area contributed by atoms with Gasteiger partial charge in [0, 0.05) is 48.2 Å². The number of nitrogens with zero attached hydrogens (tertiary/aromatic N) is 1. The molecule has 1 amide bonds. The predicted octanol–water partition coefficient (Wildman–Crippen LogP) is 4.66. The molecule has 224 valence electrons. The summed E-state index contributed by atoms with van der Waals surface area (Å²) in [5, 5.41) is 12.6. The van der Waals surface area contributed by atoms with Crippen molar-refractivity contribution in [3.05, 3.63) is 89.5 Å². The molecule has 42 heavy (non-hydrogen) atoms. The highest BCUT2D eigenvalue weighted by Gasteiger charge is 2.33. The quantitative estimate of drug-likeness (QED) is 0.287. The molecule has 1 saturated heterocycles. The topological polar surface area (TPSA) is 113 Å². The predicted molar refractivity (Wildman–Crippen MR) is 167 cm³/mol. The minimum Gasteiger partial charge on any atom is -0.480 e. The summed E-state index contributed by atoms with van der Waals surface area (Å²) in [4.78, 5) is 29.0. The Kier molecular flexibility index (Phi) is 10.8. The van der Waals surface area contributed by atoms with Crippen molar-refractivity contribution >= 4 is 33.5 Å². The van der Waals surface area contributed by atoms with E-state index in [-0.39, 0.29) is 18.2 Å². The number of aryl methyl sites for hydroxylation is 1. The summed E-state index contributed by atoms with van der Waals surface area (Å²) in [6.45, 7) is 4.17. The molecule has 0 spiro atoms. The Morgan fingerprint density at radius 1 is 1.07 bits per heavy atom. The van der Waals surface area contributed by atoms with Gasteiger partial charge in [-0.15, -0.1) is 11.8 Å². The van der Waals surface area contributed by atoms with E-state index in [1.54, 1.807) is 13.2 Å². The lowest BCUT2D eigenvalue weighted by Crippen LogP contribution is -2.42. The minimum absolute atomic E-state index is 0.213. The van der Waals surface area contributed by atoms with Crippen LogP contribution >= 0.6 is 11.8 Å². The van der Waals surface area contributed by atoms with Crippen molar-refractivity contribution in [3.8, 4) is 11.1 Å². The molecule has 10 heteroatoms. The van der Waals surface area contributed by atoms with Gasteiger partial charge in [0.2, 0.25) is 0 Å². The number of ether oxygens (including phenoxy) is 1. The molecular weight excluding hydrogens is 572 g/mol. The van der Waals surface area contributed by atoms with Crippen LogP contribution in [0.4, 0.5) is 0 Å². The summed E-state index contributed by atoms with van der Waals surface area (Å²) >= 11 is 1.88. The van der Waals surface area contributed by atoms with Crippen molar-refractivity contribution in [2.45, 2.75) is 48.5 Å². The highest BCUT2D eigenvalue weighted by atomic mass is 32.2. The molecule has 3 aromatic rings. The first kappa shape index (κ1) is 31.7. The number of amides is 1. The maximum atomic E-state index is 13.4. The first-order valence-electron chi connectivity index (χ1n) is 13.9. The molecule has 0 bridgehead atoms. The number of carboxylic acid groups (broad SMARTS) is 1. The van der Waals surface area contributed by atoms with Crippen LogP contribution in [0.25, 0.3) is 11.1 Å². The minimum atomic E-state index is -3.39. The molecule has 8 nitrogen and oxygen atoms in total. The fourth-order valence-corrected chi connectivity index (χ4v) is 7.27. The molecule has 1 fully saturated rings. The average Bonchev–Trinajstić information content (AvgIpc) is 3.31. The molecule has 1 aliphatic rings. The van der Waals surface area contributed by atoms with E-state index >= 15 is 0 Å². The third-order valence-electron chi connectivity index (χ3n) is 7.42. The van der Waals surface area contributed by atoms with Crippen LogP contribution < -0.4 is 5.32 Å². The molecule has 0 radical (unpaired) electrons. The van der Waals surface area contributed by atoms with Crippen LogP contribution in [0.3, 0.4) is 0 Å². The van der Waals surface area contributed by atoms with Crippen LogP contribution in [0.5, 0.6) is 0 Å². The number of carbonyl (C=O) groups is 2. The van der Waals surface area contributed by atoms with Gasteiger partial charge in [-0.2, -0.15) is 0 Å². The molecule has 4 rings (SSSR count). The maximum absolute atomic E-state index is 13.4. The van der Waals surface area contributed by atoms with Gasteiger partial charge in [0.1, 0.15) is 15.9 Å². The molecule has 1 heterocycles. The fraction of sp³-hybridized carbons (Fsp3) is 0.375. The third kappa shape index (κ3) is 8.67. The van der Waals surface area contributed by atoms with E-state index in [0.29, 0.717) is 29.5 Å². The normalized spacial score (nSPS) is 18.1. The zero-order chi connectivity index (χ0) is 30.3. The Morgan fingerprint density at radius 3 is 2.45 bits per heavy atom. The Morgan fingerprint density at radius 2 is 1.79 bits per heavy atom. The number of aliphatic carboxylic acids is 1. The van der Waals surface area contributed by atoms with Crippen molar-refractivity contribution in [1.82, 2.24) is 10.2 Å². The molecule has 0 aliphatic carbocycles. The molecule has 1 unspecified atom stereocenters. The molecule has 0 saturated carbocycles. The van der Waals surface area contributed by atoms with Crippen LogP contribution in [-0.4, -0.2) is 79.9 Å². The van der Waals surface area contributed by atoms with Gasteiger partial charge in [0.15, 0.2) is 0 Å². The van der Waals surface area contributed by atoms with Gasteiger partial charge in [0.05, 0.1) is 12.4 Å². The summed E-state index contributed by atoms with van der Waals surface area (Å²) < 4.78 is 28.8. The van der Waals surface area contributed by atoms with Crippen molar-refractivity contribution in [2.24, 2.45) is 0 Å². The average molecular weight is 611 g/mol. The van der Waals surface area contributed by atoms with Crippen molar-refractivity contribution in [2.75, 3.05) is 32.3 Å². The lowest BCUT2D eigenvalue weighted by molar-refractivity contribution is -0.139. The standard InChI is InChI=1S/C32H38N2O6S2/c1-22-9-7-8-12-27(22)29-17-23(13-14-28(29)31(35)33-30(32(36)37)15-16-42(3,38)39)19-34-20-26(18-24(34)21-40-2)41-25-10-5-4-6-11-25/h4-14,17,24,26,30H,15-16,18-21H2,1-3H3,(H,33,35)(H,36,37)/t24-,26-,30?/m0/s1. The van der Waals surface area contributed by atoms with Crippen LogP contribution in [0.2, 0.25) is 0 Å². The van der Waals surface area contributed by atoms with E-state index in [9.17, 15) is 23.1 Å². The lowest BCUT2D eigenvalue weighted by Gasteiger charge is -2.24. The largest absolute Gasteiger partial charge is 0.480 e. The van der Waals surface area contributed by atoms with E-state index in [0.717, 1.165) is 35.9 Å². The summed E-state index contributed by atoms with van der Waals surface area (Å²) in [6, 6.07) is 22.7. The zero-order valence-electron chi connectivity index (χ0n) is 24.2. The maximum Gasteiger partial charge on any atom is 0.326 e. The zero-order valence-corrected chi connectivity index (χ0v) is 25.8. The first-order valence-corrected chi connectivity index (χ1v) is 16.8. The van der Waals surface area contributed by atoms with Crippen molar-refractivity contribution in [3.63, 3.8) is 0 Å². The van der Waals surface area contributed by atoms with Crippen LogP contribution in [0.15, 0.2) is 77.7 Å². The summed E-state index contributed by atoms with van der Waals surface area (Å²) in [6.07, 6.45) is 1.83. The number of benzene rings is 3. The number of hydrogen-bond acceptors (Lipinski definition) is 7. The van der Waals surface area contributed by atoms with E-state index in [1.807, 2.05) is 61.2 Å². The Hall–Kier alpha value is -3.18. The molecule has 2 N–H and O–H groups in total. The summed E-state index contributed by atoms with van der Waals surface area (Å²) in [7, 11) is -1.67. The SMILES string of the molecule is COC[C@@H]1C[C@H](Sc2ccccc2)CN1Cc1ccc(C(=O)NC(CCS(C)(=O)=O)C(=O)O)c(-c2ccccc2C)c1. The molecule has 3 atom stereocenters. The smallest absolute Gasteiger partial charge is 0.326 e. The van der Waals surface area contributed by atoms with Crippen LogP contribution in [-0.2, 0) is 25.9 Å². The molecule has 0 aromatic heterocycles. The van der Waals surface area contributed by atoms with Crippen molar-refractivity contribution < 1.29 is 27.9 Å². The van der Waals surface area contributed by atoms with E-state index in [2.05, 4.69) is 34.5 Å². The second-order valence-corrected chi connectivity index (χ2v) is 14.4. The highest BCUT2D eigenvalue weighted by molar-refractivity contribution is 8.00. The van der Waals surface area contributed by atoms with Crippen LogP contribution in [0.1, 0.15) is 34.3 Å². The second-order valence-electron chi connectivity index (χ2n) is 10.8. The first-order chi connectivity index (χ1) is 20.0. The number of rotatable bonds is 13. The summed E-state index contributed by atoms with van der Waals surface area (Å²) in [5.74, 6) is -2.17.